The first-order valence-corrected chi connectivity index (χ1v) is 8.83. The summed E-state index contributed by atoms with van der Waals surface area (Å²) >= 11 is 1.61. The first-order chi connectivity index (χ1) is 10.5. The largest absolute Gasteiger partial charge is 0.491 e. The Morgan fingerprint density at radius 1 is 1.45 bits per heavy atom. The van der Waals surface area contributed by atoms with Crippen LogP contribution in [0.4, 0.5) is 0 Å². The summed E-state index contributed by atoms with van der Waals surface area (Å²) in [6.45, 7) is 6.00. The number of nitrogens with zero attached hydrogens (tertiary/aromatic N) is 1. The molecule has 0 saturated carbocycles. The van der Waals surface area contributed by atoms with Crippen molar-refractivity contribution < 1.29 is 9.53 Å². The highest BCUT2D eigenvalue weighted by Crippen LogP contribution is 2.30. The number of carbonyl (C=O) groups excluding carboxylic acids is 1. The van der Waals surface area contributed by atoms with E-state index in [0.29, 0.717) is 18.9 Å². The summed E-state index contributed by atoms with van der Waals surface area (Å²) in [4.78, 5) is 14.9. The van der Waals surface area contributed by atoms with E-state index in [-0.39, 0.29) is 17.3 Å². The van der Waals surface area contributed by atoms with Crippen LogP contribution in [-0.2, 0) is 4.79 Å². The number of rotatable bonds is 5. The number of benzene rings is 1. The number of ketones is 1. The van der Waals surface area contributed by atoms with Crippen LogP contribution in [0.15, 0.2) is 24.3 Å². The molecule has 1 aliphatic rings. The predicted octanol–water partition coefficient (Wildman–Crippen LogP) is 2.81. The Balaban J connectivity index is 2.24. The van der Waals surface area contributed by atoms with Crippen LogP contribution < -0.4 is 4.74 Å². The maximum Gasteiger partial charge on any atom is 0.155 e. The fraction of sp³-hybridized carbons (Fsp3) is 0.500. The Labute approximate surface area is 137 Å². The molecule has 3 nitrogen and oxygen atoms in total. The first kappa shape index (κ1) is 16.9. The number of ether oxygens (including phenoxy) is 1. The molecule has 1 saturated heterocycles. The molecule has 0 bridgehead atoms. The highest BCUT2D eigenvalue weighted by atomic mass is 32.2. The fourth-order valence-corrected chi connectivity index (χ4v) is 3.52. The maximum atomic E-state index is 12.7. The predicted molar refractivity (Wildman–Crippen MR) is 92.5 cm³/mol. The van der Waals surface area contributed by atoms with Gasteiger partial charge in [0.25, 0.3) is 0 Å². The summed E-state index contributed by atoms with van der Waals surface area (Å²) in [6, 6.07) is 7.88. The van der Waals surface area contributed by atoms with E-state index in [1.165, 1.54) is 0 Å². The summed E-state index contributed by atoms with van der Waals surface area (Å²) in [5.41, 5.74) is 1.02. The quantitative estimate of drug-likeness (QED) is 0.781. The number of hydrogen-bond acceptors (Lipinski definition) is 4. The lowest BCUT2D eigenvalue weighted by atomic mass is 9.89. The molecule has 0 radical (unpaired) electrons. The van der Waals surface area contributed by atoms with Gasteiger partial charge in [-0.3, -0.25) is 9.69 Å². The zero-order valence-corrected chi connectivity index (χ0v) is 14.2. The Kier molecular flexibility index (Phi) is 5.93. The molecule has 1 aromatic rings. The fourth-order valence-electron chi connectivity index (χ4n) is 2.77. The molecular formula is C18H23NO2S. The molecule has 0 aromatic heterocycles. The van der Waals surface area contributed by atoms with Gasteiger partial charge in [0.05, 0.1) is 23.8 Å². The van der Waals surface area contributed by atoms with Crippen LogP contribution in [0.2, 0.25) is 0 Å². The van der Waals surface area contributed by atoms with Crippen LogP contribution in [0.1, 0.15) is 25.3 Å². The van der Waals surface area contributed by atoms with E-state index in [1.807, 2.05) is 44.4 Å². The van der Waals surface area contributed by atoms with E-state index >= 15 is 0 Å². The Hall–Kier alpha value is -1.44. The van der Waals surface area contributed by atoms with E-state index in [2.05, 4.69) is 10.8 Å². The summed E-state index contributed by atoms with van der Waals surface area (Å²) in [5.74, 6) is 3.67. The van der Waals surface area contributed by atoms with Crippen LogP contribution in [0.3, 0.4) is 0 Å². The van der Waals surface area contributed by atoms with Gasteiger partial charge in [-0.1, -0.05) is 18.1 Å². The summed E-state index contributed by atoms with van der Waals surface area (Å²) in [5, 5.41) is -0.0122. The van der Waals surface area contributed by atoms with Crippen LogP contribution in [0, 0.1) is 12.3 Å². The number of carbonyl (C=O) groups is 1. The van der Waals surface area contributed by atoms with Gasteiger partial charge in [-0.05, 0) is 37.8 Å². The molecule has 118 valence electrons. The summed E-state index contributed by atoms with van der Waals surface area (Å²) in [6.07, 6.45) is 7.54. The zero-order valence-electron chi connectivity index (χ0n) is 13.4. The van der Waals surface area contributed by atoms with Crippen LogP contribution in [0.5, 0.6) is 5.75 Å². The maximum absolute atomic E-state index is 12.7. The molecule has 0 N–H and O–H groups in total. The lowest BCUT2D eigenvalue weighted by Gasteiger charge is -2.35. The van der Waals surface area contributed by atoms with Gasteiger partial charge in [-0.25, -0.2) is 0 Å². The molecule has 0 aliphatic carbocycles. The van der Waals surface area contributed by atoms with Crippen LogP contribution in [0.25, 0.3) is 0 Å². The molecule has 1 heterocycles. The third-order valence-electron chi connectivity index (χ3n) is 3.76. The van der Waals surface area contributed by atoms with Gasteiger partial charge in [0, 0.05) is 13.1 Å². The second-order valence-electron chi connectivity index (χ2n) is 5.82. The molecule has 0 spiro atoms. The van der Waals surface area contributed by atoms with E-state index in [4.69, 9.17) is 11.2 Å². The summed E-state index contributed by atoms with van der Waals surface area (Å²) in [7, 11) is 0. The molecule has 1 aliphatic heterocycles. The monoisotopic (exact) mass is 317 g/mol. The number of Topliss-reactive ketones (excluding diaryl/α,β-unsaturated/α-hetero) is 1. The number of piperidine rings is 1. The smallest absolute Gasteiger partial charge is 0.155 e. The lowest BCUT2D eigenvalue weighted by Crippen LogP contribution is -2.47. The van der Waals surface area contributed by atoms with Crippen molar-refractivity contribution in [2.24, 2.45) is 0 Å². The van der Waals surface area contributed by atoms with Gasteiger partial charge in [-0.15, -0.1) is 6.42 Å². The van der Waals surface area contributed by atoms with Crippen molar-refractivity contribution in [3.63, 3.8) is 0 Å². The minimum absolute atomic E-state index is 0.0122. The average Bonchev–Trinajstić information content (AvgIpc) is 2.48. The van der Waals surface area contributed by atoms with Gasteiger partial charge in [-0.2, -0.15) is 11.8 Å². The van der Waals surface area contributed by atoms with Gasteiger partial charge in [0.15, 0.2) is 5.78 Å². The van der Waals surface area contributed by atoms with Gasteiger partial charge < -0.3 is 4.74 Å². The van der Waals surface area contributed by atoms with Crippen LogP contribution in [-0.4, -0.2) is 47.9 Å². The molecule has 1 fully saturated rings. The van der Waals surface area contributed by atoms with E-state index in [1.54, 1.807) is 11.8 Å². The zero-order chi connectivity index (χ0) is 16.1. The molecule has 1 aromatic carbocycles. The lowest BCUT2D eigenvalue weighted by molar-refractivity contribution is -0.122. The molecule has 2 rings (SSSR count). The second-order valence-corrected chi connectivity index (χ2v) is 6.86. The van der Waals surface area contributed by atoms with Crippen molar-refractivity contribution in [2.75, 3.05) is 25.9 Å². The van der Waals surface area contributed by atoms with Crippen molar-refractivity contribution in [3.05, 3.63) is 29.8 Å². The normalized spacial score (nSPS) is 22.6. The van der Waals surface area contributed by atoms with Gasteiger partial charge in [0.1, 0.15) is 5.75 Å². The number of thioether (sulfide) groups is 1. The molecule has 4 heteroatoms. The standard InChI is InChI=1S/C18H23NO2S/c1-5-9-19-11-16(18(20)17(12-19)22-4)14-7-6-8-15(10-14)21-13(2)3/h1,6-8,10,13,16-17H,9,11-12H2,2-4H3. The third-order valence-corrected chi connectivity index (χ3v) is 4.71. The molecule has 2 atom stereocenters. The SMILES string of the molecule is C#CCN1CC(SC)C(=O)C(c2cccc(OC(C)C)c2)C1. The van der Waals surface area contributed by atoms with E-state index in [9.17, 15) is 4.79 Å². The van der Waals surface area contributed by atoms with Crippen molar-refractivity contribution in [1.29, 1.82) is 0 Å². The first-order valence-electron chi connectivity index (χ1n) is 7.54. The van der Waals surface area contributed by atoms with Gasteiger partial charge in [0.2, 0.25) is 0 Å². The molecule has 0 amide bonds. The Morgan fingerprint density at radius 3 is 2.86 bits per heavy atom. The highest BCUT2D eigenvalue weighted by Gasteiger charge is 2.35. The van der Waals surface area contributed by atoms with E-state index in [0.717, 1.165) is 17.9 Å². The number of hydrogen-bond donors (Lipinski definition) is 0. The Bertz CT molecular complexity index is 564. The summed E-state index contributed by atoms with van der Waals surface area (Å²) < 4.78 is 5.75. The van der Waals surface area contributed by atoms with Crippen LogP contribution >= 0.6 is 11.8 Å². The minimum Gasteiger partial charge on any atom is -0.491 e. The Morgan fingerprint density at radius 2 is 2.23 bits per heavy atom. The number of likely N-dealkylation sites (tertiary alicyclic amines) is 1. The second kappa shape index (κ2) is 7.71. The van der Waals surface area contributed by atoms with Gasteiger partial charge >= 0.3 is 0 Å². The van der Waals surface area contributed by atoms with Crippen molar-refractivity contribution in [3.8, 4) is 18.1 Å². The third kappa shape index (κ3) is 4.06. The highest BCUT2D eigenvalue weighted by molar-refractivity contribution is 8.00. The minimum atomic E-state index is -0.129. The van der Waals surface area contributed by atoms with Crippen molar-refractivity contribution in [2.45, 2.75) is 31.1 Å². The topological polar surface area (TPSA) is 29.5 Å². The molecule has 2 unspecified atom stereocenters. The van der Waals surface area contributed by atoms with Crippen molar-refractivity contribution in [1.82, 2.24) is 4.90 Å². The van der Waals surface area contributed by atoms with Crippen molar-refractivity contribution >= 4 is 17.5 Å². The number of terminal acetylenes is 1. The van der Waals surface area contributed by atoms with E-state index < -0.39 is 0 Å². The average molecular weight is 317 g/mol. The molecule has 22 heavy (non-hydrogen) atoms. The molecular weight excluding hydrogens is 294 g/mol.